The van der Waals surface area contributed by atoms with Gasteiger partial charge in [0.1, 0.15) is 5.82 Å². The summed E-state index contributed by atoms with van der Waals surface area (Å²) in [5, 5.41) is 3.56. The molecule has 114 valence electrons. The second-order valence-electron chi connectivity index (χ2n) is 5.46. The third kappa shape index (κ3) is 3.50. The van der Waals surface area contributed by atoms with Crippen molar-refractivity contribution in [1.29, 1.82) is 0 Å². The molecule has 0 spiro atoms. The van der Waals surface area contributed by atoms with E-state index in [1.165, 1.54) is 12.1 Å². The van der Waals surface area contributed by atoms with Gasteiger partial charge in [-0.3, -0.25) is 4.79 Å². The fourth-order valence-corrected chi connectivity index (χ4v) is 3.17. The molecule has 1 N–H and O–H groups in total. The van der Waals surface area contributed by atoms with Gasteiger partial charge >= 0.3 is 0 Å². The molecule has 0 bridgehead atoms. The summed E-state index contributed by atoms with van der Waals surface area (Å²) >= 11 is 9.33. The monoisotopic (exact) mass is 381 g/mol. The minimum absolute atomic E-state index is 0.00105. The van der Waals surface area contributed by atoms with E-state index >= 15 is 0 Å². The second-order valence-corrected chi connectivity index (χ2v) is 6.75. The van der Waals surface area contributed by atoms with Crippen LogP contribution in [0.3, 0.4) is 0 Å². The quantitative estimate of drug-likeness (QED) is 0.818. The van der Waals surface area contributed by atoms with Crippen LogP contribution < -0.4 is 5.32 Å². The van der Waals surface area contributed by atoms with Gasteiger partial charge in [0.2, 0.25) is 5.91 Å². The molecule has 0 saturated heterocycles. The maximum atomic E-state index is 13.2. The fourth-order valence-electron chi connectivity index (χ4n) is 2.58. The number of carbonyl (C=O) groups is 1. The van der Waals surface area contributed by atoms with Crippen LogP contribution in [0.25, 0.3) is 0 Å². The number of rotatable bonds is 4. The zero-order valence-corrected chi connectivity index (χ0v) is 14.0. The SMILES string of the molecule is O=C(NCc1cc(F)ccc1Br)C1CC1c1cccc(Cl)c1. The lowest BCUT2D eigenvalue weighted by Gasteiger charge is -2.07. The predicted molar refractivity (Wildman–Crippen MR) is 88.2 cm³/mol. The van der Waals surface area contributed by atoms with Crippen molar-refractivity contribution >= 4 is 33.4 Å². The van der Waals surface area contributed by atoms with E-state index in [9.17, 15) is 9.18 Å². The normalized spacial score (nSPS) is 19.8. The molecule has 2 aromatic rings. The summed E-state index contributed by atoms with van der Waals surface area (Å²) < 4.78 is 14.0. The molecule has 0 heterocycles. The summed E-state index contributed by atoms with van der Waals surface area (Å²) in [4.78, 5) is 12.2. The highest BCUT2D eigenvalue weighted by atomic mass is 79.9. The van der Waals surface area contributed by atoms with Gasteiger partial charge in [0, 0.05) is 22.0 Å². The molecule has 1 aliphatic carbocycles. The van der Waals surface area contributed by atoms with Crippen molar-refractivity contribution in [1.82, 2.24) is 5.32 Å². The maximum absolute atomic E-state index is 13.2. The number of amides is 1. The van der Waals surface area contributed by atoms with Gasteiger partial charge in [0.25, 0.3) is 0 Å². The highest BCUT2D eigenvalue weighted by Crippen LogP contribution is 2.47. The summed E-state index contributed by atoms with van der Waals surface area (Å²) in [6, 6.07) is 12.1. The van der Waals surface area contributed by atoms with E-state index in [0.717, 1.165) is 22.0 Å². The van der Waals surface area contributed by atoms with Crippen LogP contribution in [-0.2, 0) is 11.3 Å². The molecule has 0 aromatic heterocycles. The van der Waals surface area contributed by atoms with Crippen LogP contribution in [0.4, 0.5) is 4.39 Å². The Morgan fingerprint density at radius 2 is 2.14 bits per heavy atom. The summed E-state index contributed by atoms with van der Waals surface area (Å²) in [6.07, 6.45) is 0.830. The highest BCUT2D eigenvalue weighted by Gasteiger charge is 2.43. The van der Waals surface area contributed by atoms with E-state index in [0.29, 0.717) is 11.6 Å². The second kappa shape index (κ2) is 6.39. The van der Waals surface area contributed by atoms with Crippen molar-refractivity contribution < 1.29 is 9.18 Å². The molecule has 1 aliphatic rings. The Hall–Kier alpha value is -1.39. The van der Waals surface area contributed by atoms with Gasteiger partial charge < -0.3 is 5.32 Å². The van der Waals surface area contributed by atoms with E-state index in [1.807, 2.05) is 24.3 Å². The van der Waals surface area contributed by atoms with Crippen LogP contribution in [0.15, 0.2) is 46.9 Å². The fraction of sp³-hybridized carbons (Fsp3) is 0.235. The first-order valence-electron chi connectivity index (χ1n) is 7.01. The van der Waals surface area contributed by atoms with Gasteiger partial charge in [-0.15, -0.1) is 0 Å². The molecule has 1 saturated carbocycles. The Morgan fingerprint density at radius 3 is 2.91 bits per heavy atom. The standard InChI is InChI=1S/C17H14BrClFNO/c18-16-5-4-13(20)7-11(16)9-21-17(22)15-8-14(15)10-2-1-3-12(19)6-10/h1-7,14-15H,8-9H2,(H,21,22). The molecule has 2 aromatic carbocycles. The number of halogens is 3. The molecule has 2 atom stereocenters. The van der Waals surface area contributed by atoms with Gasteiger partial charge in [0.15, 0.2) is 0 Å². The van der Waals surface area contributed by atoms with E-state index in [4.69, 9.17) is 11.6 Å². The lowest BCUT2D eigenvalue weighted by Crippen LogP contribution is -2.25. The molecule has 5 heteroatoms. The molecule has 0 radical (unpaired) electrons. The molecule has 22 heavy (non-hydrogen) atoms. The van der Waals surface area contributed by atoms with Crippen LogP contribution in [0.2, 0.25) is 5.02 Å². The number of nitrogens with one attached hydrogen (secondary N) is 1. The van der Waals surface area contributed by atoms with Gasteiger partial charge in [-0.2, -0.15) is 0 Å². The number of hydrogen-bond acceptors (Lipinski definition) is 1. The minimum Gasteiger partial charge on any atom is -0.352 e. The predicted octanol–water partition coefficient (Wildman–Crippen LogP) is 4.66. The van der Waals surface area contributed by atoms with Gasteiger partial charge in [-0.25, -0.2) is 4.39 Å². The summed E-state index contributed by atoms with van der Waals surface area (Å²) in [7, 11) is 0. The summed E-state index contributed by atoms with van der Waals surface area (Å²) in [6.45, 7) is 0.315. The molecule has 2 unspecified atom stereocenters. The zero-order valence-electron chi connectivity index (χ0n) is 11.7. The Balaban J connectivity index is 1.59. The highest BCUT2D eigenvalue weighted by molar-refractivity contribution is 9.10. The number of carbonyl (C=O) groups excluding carboxylic acids is 1. The van der Waals surface area contributed by atoms with Crippen molar-refractivity contribution in [3.05, 3.63) is 68.9 Å². The van der Waals surface area contributed by atoms with Gasteiger partial charge in [-0.1, -0.05) is 39.7 Å². The molecule has 3 rings (SSSR count). The van der Waals surface area contributed by atoms with E-state index < -0.39 is 0 Å². The Morgan fingerprint density at radius 1 is 1.32 bits per heavy atom. The van der Waals surface area contributed by atoms with Gasteiger partial charge in [-0.05, 0) is 53.8 Å². The topological polar surface area (TPSA) is 29.1 Å². The van der Waals surface area contributed by atoms with Crippen LogP contribution in [0.1, 0.15) is 23.5 Å². The average Bonchev–Trinajstić information content (AvgIpc) is 3.28. The molecule has 1 fully saturated rings. The lowest BCUT2D eigenvalue weighted by atomic mass is 10.1. The smallest absolute Gasteiger partial charge is 0.224 e. The summed E-state index contributed by atoms with van der Waals surface area (Å²) in [5.74, 6) is -0.0998. The minimum atomic E-state index is -0.310. The van der Waals surface area contributed by atoms with Crippen molar-refractivity contribution in [2.45, 2.75) is 18.9 Å². The number of benzene rings is 2. The maximum Gasteiger partial charge on any atom is 0.224 e. The molecule has 0 aliphatic heterocycles. The van der Waals surface area contributed by atoms with E-state index in [-0.39, 0.29) is 23.6 Å². The van der Waals surface area contributed by atoms with E-state index in [1.54, 1.807) is 6.07 Å². The Bertz CT molecular complexity index is 722. The molecule has 1 amide bonds. The Labute approximate surface area is 141 Å². The van der Waals surface area contributed by atoms with Gasteiger partial charge in [0.05, 0.1) is 0 Å². The largest absolute Gasteiger partial charge is 0.352 e. The third-order valence-electron chi connectivity index (χ3n) is 3.86. The lowest BCUT2D eigenvalue weighted by molar-refractivity contribution is -0.122. The average molecular weight is 383 g/mol. The first kappa shape index (κ1) is 15.5. The molecule has 2 nitrogen and oxygen atoms in total. The zero-order chi connectivity index (χ0) is 15.7. The molecular formula is C17H14BrClFNO. The Kier molecular flexibility index (Phi) is 4.50. The van der Waals surface area contributed by atoms with Crippen LogP contribution in [-0.4, -0.2) is 5.91 Å². The third-order valence-corrected chi connectivity index (χ3v) is 4.87. The summed E-state index contributed by atoms with van der Waals surface area (Å²) in [5.41, 5.74) is 1.83. The van der Waals surface area contributed by atoms with Crippen LogP contribution in [0, 0.1) is 11.7 Å². The van der Waals surface area contributed by atoms with E-state index in [2.05, 4.69) is 21.2 Å². The van der Waals surface area contributed by atoms with Crippen molar-refractivity contribution in [2.75, 3.05) is 0 Å². The van der Waals surface area contributed by atoms with Crippen LogP contribution in [0.5, 0.6) is 0 Å². The first-order chi connectivity index (χ1) is 10.5. The van der Waals surface area contributed by atoms with Crippen LogP contribution >= 0.6 is 27.5 Å². The van der Waals surface area contributed by atoms with Crippen molar-refractivity contribution in [3.8, 4) is 0 Å². The molecular weight excluding hydrogens is 369 g/mol. The van der Waals surface area contributed by atoms with Crippen molar-refractivity contribution in [2.24, 2.45) is 5.92 Å². The van der Waals surface area contributed by atoms with Crippen molar-refractivity contribution in [3.63, 3.8) is 0 Å². The first-order valence-corrected chi connectivity index (χ1v) is 8.19. The number of hydrogen-bond donors (Lipinski definition) is 1.